The van der Waals surface area contributed by atoms with Gasteiger partial charge in [0.15, 0.2) is 9.84 Å². The van der Waals surface area contributed by atoms with E-state index in [1.165, 1.54) is 17.4 Å². The lowest BCUT2D eigenvalue weighted by atomic mass is 10.2. The Morgan fingerprint density at radius 1 is 1.35 bits per heavy atom. The molecular formula is C12H13FO2S2. The number of benzene rings is 1. The van der Waals surface area contributed by atoms with Crippen LogP contribution in [0.2, 0.25) is 0 Å². The summed E-state index contributed by atoms with van der Waals surface area (Å²) >= 11 is 1.38. The Bertz CT molecular complexity index is 642. The van der Waals surface area contributed by atoms with E-state index in [1.807, 2.05) is 0 Å². The standard InChI is InChI=1S/C12H13FO2S2/c1-8(2)17(14,15)7-9-6-16-11-5-3-4-10(13)12(9)11/h3-6,8H,7H2,1-2H3. The Hall–Kier alpha value is -0.940. The first-order chi connectivity index (χ1) is 7.92. The molecule has 0 radical (unpaired) electrons. The predicted molar refractivity (Wildman–Crippen MR) is 69.5 cm³/mol. The van der Waals surface area contributed by atoms with Crippen LogP contribution < -0.4 is 0 Å². The van der Waals surface area contributed by atoms with Crippen LogP contribution in [0.25, 0.3) is 10.1 Å². The number of sulfone groups is 1. The lowest BCUT2D eigenvalue weighted by Gasteiger charge is -2.06. The lowest BCUT2D eigenvalue weighted by Crippen LogP contribution is -2.15. The van der Waals surface area contributed by atoms with Crippen molar-refractivity contribution in [1.82, 2.24) is 0 Å². The zero-order valence-electron chi connectivity index (χ0n) is 9.60. The van der Waals surface area contributed by atoms with Gasteiger partial charge in [-0.1, -0.05) is 6.07 Å². The van der Waals surface area contributed by atoms with Crippen LogP contribution in [0.4, 0.5) is 4.39 Å². The molecule has 0 bridgehead atoms. The first-order valence-electron chi connectivity index (χ1n) is 5.28. The van der Waals surface area contributed by atoms with Gasteiger partial charge in [0.1, 0.15) is 5.82 Å². The minimum absolute atomic E-state index is 0.0917. The average molecular weight is 272 g/mol. The maximum absolute atomic E-state index is 13.7. The van der Waals surface area contributed by atoms with E-state index in [0.29, 0.717) is 10.9 Å². The number of halogens is 1. The molecule has 0 aliphatic heterocycles. The van der Waals surface area contributed by atoms with Crippen LogP contribution in [0, 0.1) is 5.82 Å². The Kier molecular flexibility index (Phi) is 3.23. The van der Waals surface area contributed by atoms with E-state index in [4.69, 9.17) is 0 Å². The van der Waals surface area contributed by atoms with Gasteiger partial charge in [0.2, 0.25) is 0 Å². The highest BCUT2D eigenvalue weighted by molar-refractivity contribution is 7.91. The molecule has 2 aromatic rings. The fraction of sp³-hybridized carbons (Fsp3) is 0.333. The minimum atomic E-state index is -3.19. The van der Waals surface area contributed by atoms with Crippen molar-refractivity contribution < 1.29 is 12.8 Å². The van der Waals surface area contributed by atoms with Crippen LogP contribution in [0.3, 0.4) is 0 Å². The van der Waals surface area contributed by atoms with Crippen molar-refractivity contribution in [3.8, 4) is 0 Å². The normalized spacial score (nSPS) is 12.5. The van der Waals surface area contributed by atoms with E-state index in [0.717, 1.165) is 4.70 Å². The Labute approximate surface area is 104 Å². The van der Waals surface area contributed by atoms with Crippen molar-refractivity contribution in [1.29, 1.82) is 0 Å². The summed E-state index contributed by atoms with van der Waals surface area (Å²) in [5.41, 5.74) is 0.566. The number of fused-ring (bicyclic) bond motifs is 1. The molecule has 17 heavy (non-hydrogen) atoms. The van der Waals surface area contributed by atoms with E-state index in [-0.39, 0.29) is 11.6 Å². The van der Waals surface area contributed by atoms with Gasteiger partial charge in [0, 0.05) is 10.1 Å². The molecule has 2 nitrogen and oxygen atoms in total. The van der Waals surface area contributed by atoms with Gasteiger partial charge in [0.25, 0.3) is 0 Å². The molecule has 0 aliphatic rings. The molecule has 0 spiro atoms. The molecule has 92 valence electrons. The molecule has 0 amide bonds. The summed E-state index contributed by atoms with van der Waals surface area (Å²) in [5.74, 6) is -0.441. The van der Waals surface area contributed by atoms with E-state index in [2.05, 4.69) is 0 Å². The Morgan fingerprint density at radius 2 is 2.06 bits per heavy atom. The number of hydrogen-bond donors (Lipinski definition) is 0. The van der Waals surface area contributed by atoms with Gasteiger partial charge >= 0.3 is 0 Å². The molecule has 0 atom stereocenters. The van der Waals surface area contributed by atoms with Crippen molar-refractivity contribution in [2.75, 3.05) is 0 Å². The third-order valence-electron chi connectivity index (χ3n) is 2.70. The second-order valence-electron chi connectivity index (χ2n) is 4.23. The highest BCUT2D eigenvalue weighted by Crippen LogP contribution is 2.30. The van der Waals surface area contributed by atoms with Crippen molar-refractivity contribution >= 4 is 31.3 Å². The maximum atomic E-state index is 13.7. The average Bonchev–Trinajstić information content (AvgIpc) is 2.62. The van der Waals surface area contributed by atoms with Gasteiger partial charge in [-0.15, -0.1) is 11.3 Å². The molecule has 0 saturated heterocycles. The zero-order chi connectivity index (χ0) is 12.6. The molecule has 0 N–H and O–H groups in total. The quantitative estimate of drug-likeness (QED) is 0.858. The molecule has 1 aromatic carbocycles. The number of thiophene rings is 1. The van der Waals surface area contributed by atoms with Crippen LogP contribution in [0.5, 0.6) is 0 Å². The van der Waals surface area contributed by atoms with Gasteiger partial charge < -0.3 is 0 Å². The van der Waals surface area contributed by atoms with E-state index < -0.39 is 15.1 Å². The fourth-order valence-electron chi connectivity index (χ4n) is 1.60. The van der Waals surface area contributed by atoms with Crippen LogP contribution in [-0.2, 0) is 15.6 Å². The molecule has 0 fully saturated rings. The Morgan fingerprint density at radius 3 is 2.71 bits per heavy atom. The summed E-state index contributed by atoms with van der Waals surface area (Å²) in [4.78, 5) is 0. The SMILES string of the molecule is CC(C)S(=O)(=O)Cc1csc2cccc(F)c12. The molecule has 0 unspecified atom stereocenters. The van der Waals surface area contributed by atoms with Crippen LogP contribution in [0.1, 0.15) is 19.4 Å². The van der Waals surface area contributed by atoms with Crippen LogP contribution >= 0.6 is 11.3 Å². The van der Waals surface area contributed by atoms with E-state index in [1.54, 1.807) is 31.4 Å². The molecule has 1 heterocycles. The summed E-state index contributed by atoms with van der Waals surface area (Å²) in [5, 5.41) is 1.74. The molecule has 1 aromatic heterocycles. The molecule has 2 rings (SSSR count). The van der Waals surface area contributed by atoms with Crippen molar-refractivity contribution in [2.45, 2.75) is 24.9 Å². The molecular weight excluding hydrogens is 259 g/mol. The summed E-state index contributed by atoms with van der Waals surface area (Å²) in [6.45, 7) is 3.28. The molecule has 0 saturated carbocycles. The summed E-state index contributed by atoms with van der Waals surface area (Å²) in [7, 11) is -3.19. The topological polar surface area (TPSA) is 34.1 Å². The van der Waals surface area contributed by atoms with Gasteiger partial charge in [-0.2, -0.15) is 0 Å². The van der Waals surface area contributed by atoms with Gasteiger partial charge in [-0.3, -0.25) is 0 Å². The Balaban J connectivity index is 2.51. The van der Waals surface area contributed by atoms with Gasteiger partial charge in [0.05, 0.1) is 11.0 Å². The van der Waals surface area contributed by atoms with Crippen molar-refractivity contribution in [3.05, 3.63) is 35.0 Å². The lowest BCUT2D eigenvalue weighted by molar-refractivity contribution is 0.586. The third-order valence-corrected chi connectivity index (χ3v) is 5.85. The highest BCUT2D eigenvalue weighted by Gasteiger charge is 2.20. The summed E-state index contributed by atoms with van der Waals surface area (Å²) < 4.78 is 38.1. The van der Waals surface area contributed by atoms with E-state index in [9.17, 15) is 12.8 Å². The summed E-state index contributed by atoms with van der Waals surface area (Å²) in [6.07, 6.45) is 0. The number of hydrogen-bond acceptors (Lipinski definition) is 3. The van der Waals surface area contributed by atoms with E-state index >= 15 is 0 Å². The first-order valence-corrected chi connectivity index (χ1v) is 7.87. The largest absolute Gasteiger partial charge is 0.228 e. The smallest absolute Gasteiger partial charge is 0.156 e. The van der Waals surface area contributed by atoms with Crippen molar-refractivity contribution in [2.24, 2.45) is 0 Å². The highest BCUT2D eigenvalue weighted by atomic mass is 32.2. The summed E-state index contributed by atoms with van der Waals surface area (Å²) in [6, 6.07) is 4.80. The number of rotatable bonds is 3. The minimum Gasteiger partial charge on any atom is -0.228 e. The van der Waals surface area contributed by atoms with Crippen LogP contribution in [0.15, 0.2) is 23.6 Å². The third kappa shape index (κ3) is 2.35. The first kappa shape index (κ1) is 12.5. The predicted octanol–water partition coefficient (Wildman–Crippen LogP) is 3.36. The van der Waals surface area contributed by atoms with Crippen LogP contribution in [-0.4, -0.2) is 13.7 Å². The maximum Gasteiger partial charge on any atom is 0.156 e. The van der Waals surface area contributed by atoms with Gasteiger partial charge in [-0.05, 0) is 36.9 Å². The van der Waals surface area contributed by atoms with Gasteiger partial charge in [-0.25, -0.2) is 12.8 Å². The second-order valence-corrected chi connectivity index (χ2v) is 7.70. The monoisotopic (exact) mass is 272 g/mol. The fourth-order valence-corrected chi connectivity index (χ4v) is 3.67. The molecule has 5 heteroatoms. The van der Waals surface area contributed by atoms with Crippen molar-refractivity contribution in [3.63, 3.8) is 0 Å². The molecule has 0 aliphatic carbocycles. The zero-order valence-corrected chi connectivity index (χ0v) is 11.2. The second kappa shape index (κ2) is 4.38.